The average Bonchev–Trinajstić information content (AvgIpc) is 3.46. The monoisotopic (exact) mass is 630 g/mol. The van der Waals surface area contributed by atoms with Crippen LogP contribution in [0.2, 0.25) is 0 Å². The predicted molar refractivity (Wildman–Crippen MR) is 177 cm³/mol. The molecule has 1 aromatic heterocycles. The molecule has 246 valence electrons. The van der Waals surface area contributed by atoms with Crippen LogP contribution in [0.25, 0.3) is 10.9 Å². The molecule has 2 saturated heterocycles. The van der Waals surface area contributed by atoms with Gasteiger partial charge in [0.1, 0.15) is 0 Å². The summed E-state index contributed by atoms with van der Waals surface area (Å²) in [7, 11) is 4.16. The third kappa shape index (κ3) is 7.61. The zero-order valence-corrected chi connectivity index (χ0v) is 27.0. The second-order valence-corrected chi connectivity index (χ2v) is 12.9. The Hall–Kier alpha value is -4.16. The Balaban J connectivity index is 1.07. The van der Waals surface area contributed by atoms with Crippen molar-refractivity contribution in [2.75, 3.05) is 78.3 Å². The van der Waals surface area contributed by atoms with Crippen molar-refractivity contribution >= 4 is 34.6 Å². The van der Waals surface area contributed by atoms with Crippen molar-refractivity contribution in [3.8, 4) is 0 Å². The fourth-order valence-corrected chi connectivity index (χ4v) is 6.81. The molecule has 1 atom stereocenters. The molecule has 0 aliphatic carbocycles. The van der Waals surface area contributed by atoms with Crippen molar-refractivity contribution in [2.45, 2.75) is 44.2 Å². The van der Waals surface area contributed by atoms with Crippen LogP contribution >= 0.6 is 0 Å². The van der Waals surface area contributed by atoms with Gasteiger partial charge in [0.15, 0.2) is 6.10 Å². The van der Waals surface area contributed by atoms with E-state index in [1.807, 2.05) is 46.2 Å². The van der Waals surface area contributed by atoms with Crippen LogP contribution in [0.1, 0.15) is 30.4 Å². The number of piperidine rings is 1. The van der Waals surface area contributed by atoms with E-state index in [2.05, 4.69) is 45.5 Å². The fraction of sp³-hybridized carbons (Fsp3) is 0.529. The number of benzene rings is 2. The first-order valence-electron chi connectivity index (χ1n) is 16.5. The van der Waals surface area contributed by atoms with Crippen molar-refractivity contribution in [3.05, 3.63) is 59.8 Å². The summed E-state index contributed by atoms with van der Waals surface area (Å²) >= 11 is 0. The van der Waals surface area contributed by atoms with Crippen LogP contribution in [-0.2, 0) is 22.4 Å². The van der Waals surface area contributed by atoms with E-state index in [4.69, 9.17) is 4.74 Å². The Morgan fingerprint density at radius 2 is 1.78 bits per heavy atom. The van der Waals surface area contributed by atoms with E-state index in [-0.39, 0.29) is 18.0 Å². The number of aromatic nitrogens is 2. The molecule has 3 aliphatic heterocycles. The smallest absolute Gasteiger partial charge is 0.410 e. The van der Waals surface area contributed by atoms with E-state index < -0.39 is 12.2 Å². The number of hydrogen-bond acceptors (Lipinski definition) is 7. The van der Waals surface area contributed by atoms with Crippen molar-refractivity contribution in [1.82, 2.24) is 34.7 Å². The van der Waals surface area contributed by atoms with E-state index in [9.17, 15) is 14.4 Å². The number of rotatable bonds is 9. The minimum Gasteiger partial charge on any atom is -0.436 e. The average molecular weight is 631 g/mol. The van der Waals surface area contributed by atoms with Crippen molar-refractivity contribution in [3.63, 3.8) is 0 Å². The minimum absolute atomic E-state index is 0.0338. The lowest BCUT2D eigenvalue weighted by Gasteiger charge is -2.38. The van der Waals surface area contributed by atoms with Gasteiger partial charge in [0, 0.05) is 69.3 Å². The number of urea groups is 1. The Bertz CT molecular complexity index is 1510. The number of carbonyl (C=O) groups excluding carboxylic acids is 3. The molecule has 0 bridgehead atoms. The Kier molecular flexibility index (Phi) is 10.0. The van der Waals surface area contributed by atoms with Crippen LogP contribution in [0.15, 0.2) is 48.7 Å². The molecule has 0 unspecified atom stereocenters. The van der Waals surface area contributed by atoms with Crippen molar-refractivity contribution < 1.29 is 19.1 Å². The number of H-pyrrole nitrogens is 1. The highest BCUT2D eigenvalue weighted by Crippen LogP contribution is 2.25. The highest BCUT2D eigenvalue weighted by molar-refractivity contribution is 5.91. The molecule has 0 spiro atoms. The molecule has 0 radical (unpaired) electrons. The molecule has 12 heteroatoms. The van der Waals surface area contributed by atoms with Crippen molar-refractivity contribution in [1.29, 1.82) is 0 Å². The van der Waals surface area contributed by atoms with Crippen molar-refractivity contribution in [2.24, 2.45) is 0 Å². The molecule has 46 heavy (non-hydrogen) atoms. The first-order valence-corrected chi connectivity index (χ1v) is 16.5. The molecule has 3 aromatic rings. The van der Waals surface area contributed by atoms with Crippen LogP contribution < -0.4 is 5.32 Å². The number of amides is 4. The largest absolute Gasteiger partial charge is 0.436 e. The number of carbonyl (C=O) groups is 3. The Morgan fingerprint density at radius 3 is 2.57 bits per heavy atom. The summed E-state index contributed by atoms with van der Waals surface area (Å²) in [6.45, 7) is 6.46. The van der Waals surface area contributed by atoms with E-state index in [1.165, 1.54) is 0 Å². The first kappa shape index (κ1) is 31.8. The highest BCUT2D eigenvalue weighted by Gasteiger charge is 2.35. The van der Waals surface area contributed by atoms with Gasteiger partial charge < -0.3 is 29.7 Å². The van der Waals surface area contributed by atoms with Crippen LogP contribution in [0.4, 0.5) is 15.3 Å². The van der Waals surface area contributed by atoms with Gasteiger partial charge in [-0.3, -0.25) is 14.8 Å². The summed E-state index contributed by atoms with van der Waals surface area (Å²) in [6, 6.07) is 13.7. The van der Waals surface area contributed by atoms with Gasteiger partial charge >= 0.3 is 12.1 Å². The molecule has 4 heterocycles. The zero-order valence-electron chi connectivity index (χ0n) is 27.0. The fourth-order valence-electron chi connectivity index (χ4n) is 6.81. The maximum Gasteiger partial charge on any atom is 0.410 e. The van der Waals surface area contributed by atoms with Gasteiger partial charge in [0.05, 0.1) is 11.7 Å². The Morgan fingerprint density at radius 1 is 1.00 bits per heavy atom. The molecule has 2 aromatic carbocycles. The lowest BCUT2D eigenvalue weighted by molar-refractivity contribution is -0.142. The van der Waals surface area contributed by atoms with Gasteiger partial charge in [-0.25, -0.2) is 9.59 Å². The topological polar surface area (TPSA) is 117 Å². The van der Waals surface area contributed by atoms with Crippen LogP contribution in [0.5, 0.6) is 0 Å². The van der Waals surface area contributed by atoms with Gasteiger partial charge in [-0.1, -0.05) is 24.3 Å². The number of anilines is 1. The minimum atomic E-state index is -0.926. The quantitative estimate of drug-likeness (QED) is 0.373. The summed E-state index contributed by atoms with van der Waals surface area (Å²) in [6.07, 6.45) is 3.83. The highest BCUT2D eigenvalue weighted by atomic mass is 16.6. The summed E-state index contributed by atoms with van der Waals surface area (Å²) < 4.78 is 6.05. The number of nitrogens with zero attached hydrogens (tertiary/aromatic N) is 6. The molecule has 4 amide bonds. The molecular weight excluding hydrogens is 584 g/mol. The number of ether oxygens (including phenoxy) is 1. The lowest BCUT2D eigenvalue weighted by atomic mass is 10.0. The second kappa shape index (κ2) is 14.5. The van der Waals surface area contributed by atoms with Crippen LogP contribution in [-0.4, -0.2) is 138 Å². The summed E-state index contributed by atoms with van der Waals surface area (Å²) in [5.74, 6) is -0.149. The van der Waals surface area contributed by atoms with Crippen LogP contribution in [0.3, 0.4) is 0 Å². The first-order chi connectivity index (χ1) is 22.3. The molecular formula is C34H46N8O4. The third-order valence-electron chi connectivity index (χ3n) is 9.51. The third-order valence-corrected chi connectivity index (χ3v) is 9.51. The van der Waals surface area contributed by atoms with Crippen LogP contribution in [0, 0.1) is 0 Å². The number of hydrogen-bond donors (Lipinski definition) is 2. The maximum absolute atomic E-state index is 13.9. The SMILES string of the molecule is CN(C)CCCN1CCN(C(=O)[C@@H](Cc2ccc3[nH]ncc3c2)OC(=O)N2CCC(N3CCc4ccccc4NC3=O)CC2)CC1. The summed E-state index contributed by atoms with van der Waals surface area (Å²) in [4.78, 5) is 50.5. The standard InChI is InChI=1S/C34H46N8O4/c1-38(2)13-5-14-39-18-20-40(21-19-39)32(43)31(23-25-8-9-30-27(22-25)24-35-37-30)46-34(45)41-15-11-28(12-16-41)42-17-10-26-6-3-4-7-29(26)36-33(42)44/h3-4,6-9,22,24,28,31H,5,10-21,23H2,1-2H3,(H,35,37)(H,36,44)/t31-/m1/s1. The molecule has 6 rings (SSSR count). The van der Waals surface area contributed by atoms with Gasteiger partial charge in [0.25, 0.3) is 5.91 Å². The number of likely N-dealkylation sites (tertiary alicyclic amines) is 1. The van der Waals surface area contributed by atoms with E-state index in [1.54, 1.807) is 11.1 Å². The summed E-state index contributed by atoms with van der Waals surface area (Å²) in [5, 5.41) is 11.1. The van der Waals surface area contributed by atoms with E-state index >= 15 is 0 Å². The second-order valence-electron chi connectivity index (χ2n) is 12.9. The Labute approximate surface area is 270 Å². The zero-order chi connectivity index (χ0) is 32.0. The molecule has 0 saturated carbocycles. The lowest BCUT2D eigenvalue weighted by Crippen LogP contribution is -2.54. The number of fused-ring (bicyclic) bond motifs is 2. The van der Waals surface area contributed by atoms with Gasteiger partial charge in [-0.2, -0.15) is 5.10 Å². The predicted octanol–water partition coefficient (Wildman–Crippen LogP) is 3.26. The number of aromatic amines is 1. The molecule has 3 aliphatic rings. The maximum atomic E-state index is 13.9. The summed E-state index contributed by atoms with van der Waals surface area (Å²) in [5.41, 5.74) is 3.82. The van der Waals surface area contributed by atoms with Gasteiger partial charge in [-0.05, 0) is 82.2 Å². The van der Waals surface area contributed by atoms with Gasteiger partial charge in [0.2, 0.25) is 0 Å². The normalized spacial score (nSPS) is 18.8. The number of para-hydroxylation sites is 1. The van der Waals surface area contributed by atoms with E-state index in [0.29, 0.717) is 52.0 Å². The molecule has 2 N–H and O–H groups in total. The van der Waals surface area contributed by atoms with E-state index in [0.717, 1.165) is 66.7 Å². The molecule has 12 nitrogen and oxygen atoms in total. The number of piperazine rings is 1. The number of nitrogens with one attached hydrogen (secondary N) is 2. The molecule has 2 fully saturated rings. The van der Waals surface area contributed by atoms with Gasteiger partial charge in [-0.15, -0.1) is 0 Å².